The predicted molar refractivity (Wildman–Crippen MR) is 102 cm³/mol. The Hall–Kier alpha value is -3.07. The molecule has 3 nitrogen and oxygen atoms in total. The first kappa shape index (κ1) is 15.5. The number of fused-ring (bicyclic) bond motifs is 1. The summed E-state index contributed by atoms with van der Waals surface area (Å²) < 4.78 is 5.97. The monoisotopic (exact) mass is 328 g/mol. The molecule has 0 saturated carbocycles. The molecule has 0 aliphatic rings. The van der Waals surface area contributed by atoms with Gasteiger partial charge in [0.1, 0.15) is 12.4 Å². The minimum atomic E-state index is 0.587. The fraction of sp³-hybridized carbons (Fsp3) is 0.136. The minimum Gasteiger partial charge on any atom is -0.489 e. The van der Waals surface area contributed by atoms with E-state index in [4.69, 9.17) is 4.74 Å². The predicted octanol–water partition coefficient (Wildman–Crippen LogP) is 5.37. The van der Waals surface area contributed by atoms with Gasteiger partial charge in [-0.2, -0.15) is 5.10 Å². The van der Waals surface area contributed by atoms with Crippen molar-refractivity contribution in [1.29, 1.82) is 0 Å². The normalized spacial score (nSPS) is 10.9. The zero-order valence-electron chi connectivity index (χ0n) is 14.2. The molecular formula is C22H20N2O. The van der Waals surface area contributed by atoms with E-state index in [0.717, 1.165) is 23.1 Å². The lowest BCUT2D eigenvalue weighted by atomic mass is 9.97. The first-order valence-electron chi connectivity index (χ1n) is 8.56. The highest BCUT2D eigenvalue weighted by Crippen LogP contribution is 2.30. The average molecular weight is 328 g/mol. The maximum absolute atomic E-state index is 5.97. The lowest BCUT2D eigenvalue weighted by Gasteiger charge is -2.12. The zero-order chi connectivity index (χ0) is 17.1. The summed E-state index contributed by atoms with van der Waals surface area (Å²) in [6.07, 6.45) is 2.80. The summed E-state index contributed by atoms with van der Waals surface area (Å²) in [5, 5.41) is 8.27. The molecule has 0 unspecified atom stereocenters. The molecule has 0 amide bonds. The summed E-state index contributed by atoms with van der Waals surface area (Å²) >= 11 is 0. The second kappa shape index (κ2) is 6.81. The Balaban J connectivity index is 1.61. The van der Waals surface area contributed by atoms with Gasteiger partial charge in [0.25, 0.3) is 0 Å². The lowest BCUT2D eigenvalue weighted by molar-refractivity contribution is 0.306. The minimum absolute atomic E-state index is 0.587. The largest absolute Gasteiger partial charge is 0.489 e. The van der Waals surface area contributed by atoms with E-state index in [-0.39, 0.29) is 0 Å². The van der Waals surface area contributed by atoms with Crippen LogP contribution in [0.15, 0.2) is 72.9 Å². The molecule has 0 saturated heterocycles. The lowest BCUT2D eigenvalue weighted by Crippen LogP contribution is -1.96. The van der Waals surface area contributed by atoms with Gasteiger partial charge < -0.3 is 4.74 Å². The van der Waals surface area contributed by atoms with Crippen LogP contribution in [0.4, 0.5) is 0 Å². The highest BCUT2D eigenvalue weighted by Gasteiger charge is 2.08. The summed E-state index contributed by atoms with van der Waals surface area (Å²) in [5.41, 5.74) is 5.96. The number of benzene rings is 3. The fourth-order valence-corrected chi connectivity index (χ4v) is 3.08. The highest BCUT2D eigenvalue weighted by atomic mass is 16.5. The van der Waals surface area contributed by atoms with Crippen molar-refractivity contribution in [3.05, 3.63) is 84.1 Å². The Bertz CT molecular complexity index is 989. The van der Waals surface area contributed by atoms with Gasteiger partial charge in [-0.05, 0) is 46.9 Å². The number of hydrogen-bond acceptors (Lipinski definition) is 2. The van der Waals surface area contributed by atoms with Gasteiger partial charge in [-0.25, -0.2) is 0 Å². The van der Waals surface area contributed by atoms with Gasteiger partial charge in [-0.3, -0.25) is 5.10 Å². The van der Waals surface area contributed by atoms with Gasteiger partial charge in [-0.15, -0.1) is 0 Å². The van der Waals surface area contributed by atoms with Crippen LogP contribution < -0.4 is 4.74 Å². The number of ether oxygens (including phenoxy) is 1. The summed E-state index contributed by atoms with van der Waals surface area (Å²) in [6, 6.07) is 23.0. The SMILES string of the molecule is CCc1cc(OCc2ccccc2)ccc1-c1ccc2cn[nH]c2c1. The molecule has 3 heteroatoms. The van der Waals surface area contributed by atoms with E-state index in [1.54, 1.807) is 0 Å². The third kappa shape index (κ3) is 3.26. The van der Waals surface area contributed by atoms with Crippen molar-refractivity contribution in [1.82, 2.24) is 10.2 Å². The van der Waals surface area contributed by atoms with Crippen LogP contribution in [-0.4, -0.2) is 10.2 Å². The summed E-state index contributed by atoms with van der Waals surface area (Å²) in [6.45, 7) is 2.76. The molecule has 1 N–H and O–H groups in total. The standard InChI is InChI=1S/C22H20N2O/c1-2-17-12-20(25-15-16-6-4-3-5-7-16)10-11-21(17)18-8-9-19-14-23-24-22(19)13-18/h3-14H,2,15H2,1H3,(H,23,24). The van der Waals surface area contributed by atoms with Crippen molar-refractivity contribution >= 4 is 10.9 Å². The van der Waals surface area contributed by atoms with E-state index in [0.29, 0.717) is 6.61 Å². The fourth-order valence-electron chi connectivity index (χ4n) is 3.08. The molecule has 0 atom stereocenters. The van der Waals surface area contributed by atoms with Crippen LogP contribution in [0, 0.1) is 0 Å². The van der Waals surface area contributed by atoms with Crippen molar-refractivity contribution in [2.24, 2.45) is 0 Å². The van der Waals surface area contributed by atoms with Gasteiger partial charge in [0.15, 0.2) is 0 Å². The Morgan fingerprint density at radius 3 is 2.68 bits per heavy atom. The van der Waals surface area contributed by atoms with Gasteiger partial charge >= 0.3 is 0 Å². The summed E-state index contributed by atoms with van der Waals surface area (Å²) in [4.78, 5) is 0. The number of rotatable bonds is 5. The Labute approximate surface area is 147 Å². The van der Waals surface area contributed by atoms with Crippen LogP contribution in [0.2, 0.25) is 0 Å². The molecule has 4 aromatic rings. The number of hydrogen-bond donors (Lipinski definition) is 1. The maximum Gasteiger partial charge on any atom is 0.120 e. The molecule has 0 fully saturated rings. The molecule has 0 radical (unpaired) electrons. The Morgan fingerprint density at radius 2 is 1.84 bits per heavy atom. The molecule has 0 bridgehead atoms. The molecule has 0 aliphatic carbocycles. The van der Waals surface area contributed by atoms with Crippen molar-refractivity contribution < 1.29 is 4.74 Å². The van der Waals surface area contributed by atoms with E-state index in [1.807, 2.05) is 24.4 Å². The van der Waals surface area contributed by atoms with Crippen LogP contribution in [-0.2, 0) is 13.0 Å². The second-order valence-electron chi connectivity index (χ2n) is 6.12. The van der Waals surface area contributed by atoms with Crippen LogP contribution in [0.25, 0.3) is 22.0 Å². The number of aromatic amines is 1. The third-order valence-corrected chi connectivity index (χ3v) is 4.46. The van der Waals surface area contributed by atoms with Crippen LogP contribution in [0.5, 0.6) is 5.75 Å². The summed E-state index contributed by atoms with van der Waals surface area (Å²) in [7, 11) is 0. The molecule has 25 heavy (non-hydrogen) atoms. The number of aryl methyl sites for hydroxylation is 1. The quantitative estimate of drug-likeness (QED) is 0.535. The molecule has 0 aliphatic heterocycles. The van der Waals surface area contributed by atoms with Gasteiger partial charge in [-0.1, -0.05) is 55.5 Å². The highest BCUT2D eigenvalue weighted by molar-refractivity contribution is 5.84. The second-order valence-corrected chi connectivity index (χ2v) is 6.12. The first-order valence-corrected chi connectivity index (χ1v) is 8.56. The van der Waals surface area contributed by atoms with Crippen molar-refractivity contribution in [2.75, 3.05) is 0 Å². The van der Waals surface area contributed by atoms with Crippen molar-refractivity contribution in [3.8, 4) is 16.9 Å². The third-order valence-electron chi connectivity index (χ3n) is 4.46. The smallest absolute Gasteiger partial charge is 0.120 e. The topological polar surface area (TPSA) is 37.9 Å². The van der Waals surface area contributed by atoms with Gasteiger partial charge in [0.2, 0.25) is 0 Å². The van der Waals surface area contributed by atoms with E-state index in [9.17, 15) is 0 Å². The van der Waals surface area contributed by atoms with Crippen molar-refractivity contribution in [2.45, 2.75) is 20.0 Å². The molecule has 4 rings (SSSR count). The molecule has 1 aromatic heterocycles. The zero-order valence-corrected chi connectivity index (χ0v) is 14.2. The number of H-pyrrole nitrogens is 1. The molecule has 0 spiro atoms. The molecule has 3 aromatic carbocycles. The van der Waals surface area contributed by atoms with E-state index < -0.39 is 0 Å². The number of aromatic nitrogens is 2. The van der Waals surface area contributed by atoms with Crippen LogP contribution in [0.1, 0.15) is 18.1 Å². The van der Waals surface area contributed by atoms with Gasteiger partial charge in [0.05, 0.1) is 11.7 Å². The van der Waals surface area contributed by atoms with Crippen molar-refractivity contribution in [3.63, 3.8) is 0 Å². The van der Waals surface area contributed by atoms with Crippen LogP contribution in [0.3, 0.4) is 0 Å². The van der Waals surface area contributed by atoms with E-state index in [2.05, 4.69) is 65.7 Å². The molecular weight excluding hydrogens is 308 g/mol. The number of nitrogens with one attached hydrogen (secondary N) is 1. The molecule has 124 valence electrons. The number of nitrogens with zero attached hydrogens (tertiary/aromatic N) is 1. The average Bonchev–Trinajstić information content (AvgIpc) is 3.14. The van der Waals surface area contributed by atoms with E-state index in [1.165, 1.54) is 22.3 Å². The van der Waals surface area contributed by atoms with Crippen LogP contribution >= 0.6 is 0 Å². The van der Waals surface area contributed by atoms with E-state index >= 15 is 0 Å². The molecule has 1 heterocycles. The Kier molecular flexibility index (Phi) is 4.21. The van der Waals surface area contributed by atoms with Gasteiger partial charge in [0, 0.05) is 5.39 Å². The maximum atomic E-state index is 5.97. The first-order chi connectivity index (χ1) is 12.3. The summed E-state index contributed by atoms with van der Waals surface area (Å²) in [5.74, 6) is 0.909. The Morgan fingerprint density at radius 1 is 0.960 bits per heavy atom.